The second-order valence-corrected chi connectivity index (χ2v) is 14.9. The molecule has 7 aromatic carbocycles. The van der Waals surface area contributed by atoms with Gasteiger partial charge in [0.25, 0.3) is 0 Å². The Hall–Kier alpha value is -6.55. The summed E-state index contributed by atoms with van der Waals surface area (Å²) in [5.41, 5.74) is 15.3. The number of fused-ring (bicyclic) bond motifs is 1. The second-order valence-electron chi connectivity index (χ2n) is 13.9. The third-order valence-electron chi connectivity index (χ3n) is 10.2. The minimum absolute atomic E-state index is 0.930. The van der Waals surface area contributed by atoms with E-state index in [4.69, 9.17) is 4.98 Å². The molecule has 56 heavy (non-hydrogen) atoms. The minimum atomic E-state index is 0.930. The molecule has 2 aromatic heterocycles. The van der Waals surface area contributed by atoms with E-state index in [0.717, 1.165) is 76.8 Å². The Labute approximate surface area is 338 Å². The molecule has 0 fully saturated rings. The summed E-state index contributed by atoms with van der Waals surface area (Å²) in [6.07, 6.45) is 1.85. The Morgan fingerprint density at radius 3 is 1.59 bits per heavy atom. The average Bonchev–Trinajstić information content (AvgIpc) is 3.56. The van der Waals surface area contributed by atoms with Gasteiger partial charge in [-0.25, -0.2) is 0 Å². The molecule has 0 N–H and O–H groups in total. The van der Waals surface area contributed by atoms with Crippen molar-refractivity contribution in [3.63, 3.8) is 0 Å². The number of nitrogens with zero attached hydrogens (tertiary/aromatic N) is 5. The molecular formula is C50H39N5Pt. The molecule has 2 heterocycles. The van der Waals surface area contributed by atoms with Gasteiger partial charge in [-0.15, -0.1) is 0 Å². The molecule has 5 nitrogen and oxygen atoms in total. The SMILES string of the molecule is CN(C)c1ccc(-n2[c](=[Pt])n(-c3cccc(N(c4cccc(-c5ccccn5)c4)c4c(-c5ccccc5)cccc4-c4ccccc4)c3)c3ccccc32)cc1. The fraction of sp³-hybridized carbons (Fsp3) is 0.0400. The van der Waals surface area contributed by atoms with Crippen molar-refractivity contribution in [1.82, 2.24) is 14.1 Å². The molecule has 0 saturated heterocycles. The van der Waals surface area contributed by atoms with Gasteiger partial charge < -0.3 is 0 Å². The van der Waals surface area contributed by atoms with E-state index < -0.39 is 0 Å². The van der Waals surface area contributed by atoms with Gasteiger partial charge >= 0.3 is 334 Å². The van der Waals surface area contributed by atoms with E-state index in [1.165, 1.54) is 5.69 Å². The standard InChI is InChI=1S/C50H39N5.Pt/c1-52(2)40-29-31-41(32-30-40)53-36-54(49-28-10-9-27-48(49)53)42-21-14-23-44(35-42)55(43-22-13-20-39(34-43)47-26-11-12-33-51-47)50-45(37-16-5-3-6-17-37)24-15-25-46(50)38-18-7-4-8-19-38;/h3-35H,1-2H3;. The molecule has 0 bridgehead atoms. The van der Waals surface area contributed by atoms with Gasteiger partial charge in [-0.3, -0.25) is 0 Å². The van der Waals surface area contributed by atoms with Crippen LogP contribution in [0.15, 0.2) is 200 Å². The Morgan fingerprint density at radius 2 is 0.982 bits per heavy atom. The second kappa shape index (κ2) is 15.3. The molecule has 0 aliphatic carbocycles. The van der Waals surface area contributed by atoms with Crippen LogP contribution in [0.3, 0.4) is 0 Å². The number of pyridine rings is 1. The summed E-state index contributed by atoms with van der Waals surface area (Å²) in [7, 11) is 4.15. The van der Waals surface area contributed by atoms with Crippen molar-refractivity contribution in [3.05, 3.63) is 204 Å². The first-order valence-corrected chi connectivity index (χ1v) is 19.8. The molecule has 9 aromatic rings. The Balaban J connectivity index is 1.30. The topological polar surface area (TPSA) is 29.2 Å². The van der Waals surface area contributed by atoms with Gasteiger partial charge in [-0.2, -0.15) is 0 Å². The third-order valence-corrected chi connectivity index (χ3v) is 11.2. The summed E-state index contributed by atoms with van der Waals surface area (Å²) in [5.74, 6) is 0. The zero-order valence-electron chi connectivity index (χ0n) is 31.1. The van der Waals surface area contributed by atoms with Gasteiger partial charge in [0.1, 0.15) is 0 Å². The van der Waals surface area contributed by atoms with Crippen LogP contribution in [0.1, 0.15) is 0 Å². The van der Waals surface area contributed by atoms with Crippen molar-refractivity contribution in [1.29, 1.82) is 0 Å². The van der Waals surface area contributed by atoms with Gasteiger partial charge in [-0.1, -0.05) is 0 Å². The summed E-state index contributed by atoms with van der Waals surface area (Å²) < 4.78 is 5.79. The van der Waals surface area contributed by atoms with Crippen LogP contribution in [0, 0.1) is 3.80 Å². The van der Waals surface area contributed by atoms with E-state index in [0.29, 0.717) is 0 Å². The molecule has 0 amide bonds. The van der Waals surface area contributed by atoms with Crippen LogP contribution >= 0.6 is 0 Å². The van der Waals surface area contributed by atoms with Crippen molar-refractivity contribution in [2.24, 2.45) is 0 Å². The van der Waals surface area contributed by atoms with E-state index in [1.807, 2.05) is 18.3 Å². The Kier molecular flexibility index (Phi) is 9.61. The number of hydrogen-bond acceptors (Lipinski definition) is 3. The Bertz CT molecular complexity index is 2790. The first-order chi connectivity index (χ1) is 27.5. The molecule has 0 spiro atoms. The van der Waals surface area contributed by atoms with Crippen LogP contribution in [-0.4, -0.2) is 28.2 Å². The summed E-state index contributed by atoms with van der Waals surface area (Å²) in [6, 6.07) is 69.2. The average molecular weight is 905 g/mol. The monoisotopic (exact) mass is 904 g/mol. The van der Waals surface area contributed by atoms with Crippen molar-refractivity contribution in [2.45, 2.75) is 0 Å². The maximum atomic E-state index is 4.73. The molecule has 9 rings (SSSR count). The molecule has 0 saturated carbocycles. The number of benzene rings is 7. The van der Waals surface area contributed by atoms with E-state index in [9.17, 15) is 0 Å². The van der Waals surface area contributed by atoms with Crippen LogP contribution in [0.4, 0.5) is 22.7 Å². The predicted octanol–water partition coefficient (Wildman–Crippen LogP) is 12.4. The normalized spacial score (nSPS) is 11.1. The molecule has 0 aliphatic heterocycles. The molecule has 0 radical (unpaired) electrons. The molecule has 0 atom stereocenters. The Morgan fingerprint density at radius 1 is 0.446 bits per heavy atom. The number of anilines is 4. The van der Waals surface area contributed by atoms with Gasteiger partial charge in [0.15, 0.2) is 0 Å². The summed E-state index contributed by atoms with van der Waals surface area (Å²) in [4.78, 5) is 9.29. The number of para-hydroxylation sites is 3. The number of imidazole rings is 1. The molecule has 0 unspecified atom stereocenters. The van der Waals surface area contributed by atoms with Crippen LogP contribution in [-0.2, 0) is 19.4 Å². The fourth-order valence-electron chi connectivity index (χ4n) is 7.50. The number of hydrogen-bond donors (Lipinski definition) is 0. The third kappa shape index (κ3) is 6.61. The maximum absolute atomic E-state index is 4.73. The fourth-order valence-corrected chi connectivity index (χ4v) is 8.64. The zero-order valence-corrected chi connectivity index (χ0v) is 33.4. The van der Waals surface area contributed by atoms with Crippen LogP contribution in [0.5, 0.6) is 0 Å². The van der Waals surface area contributed by atoms with E-state index in [2.05, 4.69) is 234 Å². The van der Waals surface area contributed by atoms with Crippen molar-refractivity contribution in [2.75, 3.05) is 23.9 Å². The van der Waals surface area contributed by atoms with Crippen molar-refractivity contribution >= 4 is 33.8 Å². The zero-order chi connectivity index (χ0) is 38.0. The quantitative estimate of drug-likeness (QED) is 0.145. The van der Waals surface area contributed by atoms with E-state index in [1.54, 1.807) is 0 Å². The van der Waals surface area contributed by atoms with E-state index >= 15 is 0 Å². The molecule has 274 valence electrons. The van der Waals surface area contributed by atoms with Crippen LogP contribution < -0.4 is 9.80 Å². The van der Waals surface area contributed by atoms with Gasteiger partial charge in [0.2, 0.25) is 0 Å². The predicted molar refractivity (Wildman–Crippen MR) is 229 cm³/mol. The van der Waals surface area contributed by atoms with Gasteiger partial charge in [0, 0.05) is 0 Å². The molecule has 0 aliphatic rings. The van der Waals surface area contributed by atoms with Crippen molar-refractivity contribution in [3.8, 4) is 44.9 Å². The summed E-state index contributed by atoms with van der Waals surface area (Å²) >= 11 is 2.48. The summed E-state index contributed by atoms with van der Waals surface area (Å²) in [6.45, 7) is 0. The first-order valence-electron chi connectivity index (χ1n) is 18.7. The van der Waals surface area contributed by atoms with Crippen molar-refractivity contribution < 1.29 is 19.4 Å². The molecular weight excluding hydrogens is 866 g/mol. The first kappa shape index (κ1) is 35.2. The summed E-state index contributed by atoms with van der Waals surface area (Å²) in [5, 5.41) is 0. The van der Waals surface area contributed by atoms with Gasteiger partial charge in [-0.05, 0) is 6.07 Å². The number of aromatic nitrogens is 3. The van der Waals surface area contributed by atoms with Crippen LogP contribution in [0.25, 0.3) is 55.9 Å². The molecule has 6 heteroatoms. The van der Waals surface area contributed by atoms with E-state index in [-0.39, 0.29) is 0 Å². The van der Waals surface area contributed by atoms with Crippen LogP contribution in [0.2, 0.25) is 0 Å². The number of rotatable bonds is 9. The van der Waals surface area contributed by atoms with Gasteiger partial charge in [0.05, 0.1) is 0 Å².